The molecule has 0 radical (unpaired) electrons. The molecule has 0 amide bonds. The van der Waals surface area contributed by atoms with E-state index in [1.165, 1.54) is 6.07 Å². The van der Waals surface area contributed by atoms with Crippen LogP contribution in [0.3, 0.4) is 0 Å². The Bertz CT molecular complexity index is 384. The standard InChI is InChI=1S/C11H12ClF2NO/c1-7(12)5-15-6-11(16)8-2-3-9(13)10(14)4-8/h2-4,11,15-16H,1,5-6H2. The molecule has 0 aliphatic heterocycles. The van der Waals surface area contributed by atoms with Gasteiger partial charge in [-0.15, -0.1) is 0 Å². The third-order valence-electron chi connectivity index (χ3n) is 1.98. The third kappa shape index (κ3) is 3.89. The SMILES string of the molecule is C=C(Cl)CNCC(O)c1ccc(F)c(F)c1. The van der Waals surface area contributed by atoms with Crippen LogP contribution < -0.4 is 5.32 Å². The second-order valence-electron chi connectivity index (χ2n) is 3.34. The smallest absolute Gasteiger partial charge is 0.159 e. The predicted molar refractivity (Wildman–Crippen MR) is 59.2 cm³/mol. The molecule has 0 saturated heterocycles. The Morgan fingerprint density at radius 2 is 2.12 bits per heavy atom. The summed E-state index contributed by atoms with van der Waals surface area (Å²) in [6.07, 6.45) is -0.911. The minimum absolute atomic E-state index is 0.191. The van der Waals surface area contributed by atoms with Gasteiger partial charge in [-0.3, -0.25) is 0 Å². The normalized spacial score (nSPS) is 12.5. The first kappa shape index (κ1) is 13.1. The van der Waals surface area contributed by atoms with Gasteiger partial charge in [0.2, 0.25) is 0 Å². The largest absolute Gasteiger partial charge is 0.387 e. The van der Waals surface area contributed by atoms with Crippen LogP contribution >= 0.6 is 11.6 Å². The Morgan fingerprint density at radius 3 is 2.69 bits per heavy atom. The first-order valence-corrected chi connectivity index (χ1v) is 5.05. The molecule has 0 bridgehead atoms. The van der Waals surface area contributed by atoms with Crippen molar-refractivity contribution in [3.05, 3.63) is 47.0 Å². The highest BCUT2D eigenvalue weighted by Gasteiger charge is 2.10. The quantitative estimate of drug-likeness (QED) is 0.837. The Kier molecular flexibility index (Phi) is 4.86. The summed E-state index contributed by atoms with van der Waals surface area (Å²) in [5.74, 6) is -1.91. The van der Waals surface area contributed by atoms with Crippen molar-refractivity contribution in [2.24, 2.45) is 0 Å². The van der Waals surface area contributed by atoms with Crippen LogP contribution in [-0.2, 0) is 0 Å². The second kappa shape index (κ2) is 5.94. The van der Waals surface area contributed by atoms with Crippen molar-refractivity contribution in [2.45, 2.75) is 6.10 Å². The Hall–Kier alpha value is -0.970. The summed E-state index contributed by atoms with van der Waals surface area (Å²) in [5.41, 5.74) is 0.312. The molecule has 0 aliphatic carbocycles. The van der Waals surface area contributed by atoms with E-state index in [4.69, 9.17) is 11.6 Å². The molecule has 1 unspecified atom stereocenters. The van der Waals surface area contributed by atoms with E-state index in [0.717, 1.165) is 12.1 Å². The van der Waals surface area contributed by atoms with Crippen molar-refractivity contribution in [1.82, 2.24) is 5.32 Å². The molecule has 5 heteroatoms. The first-order valence-electron chi connectivity index (χ1n) is 4.67. The summed E-state index contributed by atoms with van der Waals surface area (Å²) in [4.78, 5) is 0. The van der Waals surface area contributed by atoms with E-state index in [0.29, 0.717) is 17.1 Å². The highest BCUT2D eigenvalue weighted by molar-refractivity contribution is 6.29. The molecule has 1 atom stereocenters. The van der Waals surface area contributed by atoms with Gasteiger partial charge in [0.05, 0.1) is 6.10 Å². The average Bonchev–Trinajstić information content (AvgIpc) is 2.21. The van der Waals surface area contributed by atoms with Crippen LogP contribution in [0.4, 0.5) is 8.78 Å². The lowest BCUT2D eigenvalue weighted by Crippen LogP contribution is -2.22. The van der Waals surface area contributed by atoms with Gasteiger partial charge in [0.15, 0.2) is 11.6 Å². The summed E-state index contributed by atoms with van der Waals surface area (Å²) in [7, 11) is 0. The van der Waals surface area contributed by atoms with Gasteiger partial charge in [-0.05, 0) is 17.7 Å². The highest BCUT2D eigenvalue weighted by atomic mass is 35.5. The van der Waals surface area contributed by atoms with Crippen molar-refractivity contribution < 1.29 is 13.9 Å². The van der Waals surface area contributed by atoms with Crippen molar-refractivity contribution in [2.75, 3.05) is 13.1 Å². The average molecular weight is 248 g/mol. The maximum absolute atomic E-state index is 12.8. The fraction of sp³-hybridized carbons (Fsp3) is 0.273. The van der Waals surface area contributed by atoms with Crippen LogP contribution in [0.1, 0.15) is 11.7 Å². The number of halogens is 3. The molecule has 1 aromatic carbocycles. The minimum atomic E-state index is -0.974. The van der Waals surface area contributed by atoms with Gasteiger partial charge >= 0.3 is 0 Å². The zero-order chi connectivity index (χ0) is 12.1. The van der Waals surface area contributed by atoms with Crippen LogP contribution in [0.15, 0.2) is 29.8 Å². The molecule has 0 aliphatic rings. The van der Waals surface area contributed by atoms with Crippen LogP contribution in [0.5, 0.6) is 0 Å². The summed E-state index contributed by atoms with van der Waals surface area (Å²) >= 11 is 5.51. The third-order valence-corrected chi connectivity index (χ3v) is 2.12. The number of aliphatic hydroxyl groups is 1. The number of nitrogens with one attached hydrogen (secondary N) is 1. The molecule has 0 saturated carbocycles. The van der Waals surface area contributed by atoms with Gasteiger partial charge in [0, 0.05) is 18.1 Å². The zero-order valence-corrected chi connectivity index (χ0v) is 9.27. The number of hydrogen-bond acceptors (Lipinski definition) is 2. The van der Waals surface area contributed by atoms with Gasteiger partial charge in [-0.25, -0.2) is 8.78 Å². The van der Waals surface area contributed by atoms with Gasteiger partial charge in [-0.1, -0.05) is 24.2 Å². The van der Waals surface area contributed by atoms with Crippen molar-refractivity contribution in [3.63, 3.8) is 0 Å². The molecule has 0 heterocycles. The van der Waals surface area contributed by atoms with Gasteiger partial charge in [-0.2, -0.15) is 0 Å². The van der Waals surface area contributed by atoms with Crippen LogP contribution in [0.25, 0.3) is 0 Å². The molecular weight excluding hydrogens is 236 g/mol. The summed E-state index contributed by atoms with van der Waals surface area (Å²) in [6.45, 7) is 4.00. The number of rotatable bonds is 5. The Balaban J connectivity index is 2.55. The van der Waals surface area contributed by atoms with E-state index >= 15 is 0 Å². The Morgan fingerprint density at radius 1 is 1.44 bits per heavy atom. The molecule has 2 N–H and O–H groups in total. The molecule has 0 fully saturated rings. The van der Waals surface area contributed by atoms with E-state index in [1.54, 1.807) is 0 Å². The minimum Gasteiger partial charge on any atom is -0.387 e. The molecule has 0 aromatic heterocycles. The van der Waals surface area contributed by atoms with Crippen molar-refractivity contribution in [3.8, 4) is 0 Å². The lowest BCUT2D eigenvalue weighted by molar-refractivity contribution is 0.175. The maximum atomic E-state index is 12.8. The Labute approximate surface area is 97.5 Å². The van der Waals surface area contributed by atoms with E-state index in [2.05, 4.69) is 11.9 Å². The zero-order valence-electron chi connectivity index (χ0n) is 8.51. The molecule has 16 heavy (non-hydrogen) atoms. The lowest BCUT2D eigenvalue weighted by atomic mass is 10.1. The second-order valence-corrected chi connectivity index (χ2v) is 3.87. The lowest BCUT2D eigenvalue weighted by Gasteiger charge is -2.12. The van der Waals surface area contributed by atoms with E-state index in [1.807, 2.05) is 0 Å². The van der Waals surface area contributed by atoms with Gasteiger partial charge in [0.1, 0.15) is 0 Å². The molecule has 88 valence electrons. The topological polar surface area (TPSA) is 32.3 Å². The number of benzene rings is 1. The molecule has 0 spiro atoms. The monoisotopic (exact) mass is 247 g/mol. The van der Waals surface area contributed by atoms with Crippen molar-refractivity contribution in [1.29, 1.82) is 0 Å². The molecular formula is C11H12ClF2NO. The van der Waals surface area contributed by atoms with Crippen LogP contribution in [0.2, 0.25) is 0 Å². The molecule has 1 rings (SSSR count). The fourth-order valence-corrected chi connectivity index (χ4v) is 1.28. The van der Waals surface area contributed by atoms with Crippen LogP contribution in [-0.4, -0.2) is 18.2 Å². The maximum Gasteiger partial charge on any atom is 0.159 e. The van der Waals surface area contributed by atoms with E-state index < -0.39 is 17.7 Å². The summed E-state index contributed by atoms with van der Waals surface area (Å²) in [5, 5.41) is 12.9. The highest BCUT2D eigenvalue weighted by Crippen LogP contribution is 2.15. The summed E-state index contributed by atoms with van der Waals surface area (Å²) < 4.78 is 25.5. The number of hydrogen-bond donors (Lipinski definition) is 2. The van der Waals surface area contributed by atoms with Crippen LogP contribution in [0, 0.1) is 11.6 Å². The van der Waals surface area contributed by atoms with E-state index in [9.17, 15) is 13.9 Å². The van der Waals surface area contributed by atoms with E-state index in [-0.39, 0.29) is 6.54 Å². The molecule has 1 aromatic rings. The predicted octanol–water partition coefficient (Wildman–Crippen LogP) is 2.34. The number of aliphatic hydroxyl groups excluding tert-OH is 1. The van der Waals surface area contributed by atoms with Gasteiger partial charge in [0.25, 0.3) is 0 Å². The first-order chi connectivity index (χ1) is 7.50. The van der Waals surface area contributed by atoms with Crippen molar-refractivity contribution >= 4 is 11.6 Å². The van der Waals surface area contributed by atoms with Gasteiger partial charge < -0.3 is 10.4 Å². The summed E-state index contributed by atoms with van der Waals surface area (Å²) in [6, 6.07) is 3.28. The molecule has 2 nitrogen and oxygen atoms in total. The fourth-order valence-electron chi connectivity index (χ4n) is 1.18.